The Balaban J connectivity index is 1.60. The van der Waals surface area contributed by atoms with Crippen molar-refractivity contribution in [1.82, 2.24) is 9.97 Å². The molecule has 0 saturated heterocycles. The van der Waals surface area contributed by atoms with E-state index in [0.29, 0.717) is 6.42 Å². The van der Waals surface area contributed by atoms with E-state index in [1.807, 2.05) is 6.92 Å². The number of hydrogen-bond donors (Lipinski definition) is 0. The molecule has 0 amide bonds. The first-order valence-corrected chi connectivity index (χ1v) is 15.0. The Morgan fingerprint density at radius 3 is 1.93 bits per heavy atom. The molecule has 0 atom stereocenters. The number of nitrogens with zero attached hydrogens (tertiary/aromatic N) is 2. The lowest BCUT2D eigenvalue weighted by Gasteiger charge is -2.22. The van der Waals surface area contributed by atoms with Gasteiger partial charge in [0.05, 0.1) is 11.0 Å². The van der Waals surface area contributed by atoms with Gasteiger partial charge in [-0.15, -0.1) is 12.3 Å². The Morgan fingerprint density at radius 1 is 0.659 bits per heavy atom. The zero-order chi connectivity index (χ0) is 30.2. The van der Waals surface area contributed by atoms with E-state index in [9.17, 15) is 0 Å². The first kappa shape index (κ1) is 27.3. The molecule has 0 saturated carbocycles. The molecule has 0 unspecified atom stereocenters. The van der Waals surface area contributed by atoms with Gasteiger partial charge in [0.2, 0.25) is 0 Å². The molecule has 2 heterocycles. The normalized spacial score (nSPS) is 11.7. The molecule has 5 aromatic carbocycles. The smallest absolute Gasteiger partial charge is 0.0973 e. The number of fused-ring (bicyclic) bond motifs is 4. The lowest BCUT2D eigenvalue weighted by molar-refractivity contribution is 1.22. The number of terminal acetylenes is 1. The fourth-order valence-electron chi connectivity index (χ4n) is 6.53. The number of allylic oxidation sites excluding steroid dienone is 1. The molecule has 7 aromatic rings. The van der Waals surface area contributed by atoms with Gasteiger partial charge in [0.15, 0.2) is 0 Å². The maximum atomic E-state index is 6.12. The van der Waals surface area contributed by atoms with Crippen LogP contribution in [0, 0.1) is 26.2 Å². The monoisotopic (exact) mass is 564 g/mol. The number of pyridine rings is 2. The second-order valence-corrected chi connectivity index (χ2v) is 11.4. The minimum Gasteiger partial charge on any atom is -0.251 e. The first-order chi connectivity index (χ1) is 21.5. The summed E-state index contributed by atoms with van der Waals surface area (Å²) in [4.78, 5) is 9.88. The molecule has 44 heavy (non-hydrogen) atoms. The summed E-state index contributed by atoms with van der Waals surface area (Å²) in [5.41, 5.74) is 13.2. The molecule has 2 aromatic heterocycles. The van der Waals surface area contributed by atoms with Gasteiger partial charge >= 0.3 is 0 Å². The van der Waals surface area contributed by atoms with Gasteiger partial charge in [0.1, 0.15) is 0 Å². The van der Waals surface area contributed by atoms with Crippen LogP contribution < -0.4 is 0 Å². The van der Waals surface area contributed by atoms with Crippen molar-refractivity contribution < 1.29 is 0 Å². The maximum Gasteiger partial charge on any atom is 0.0973 e. The molecule has 210 valence electrons. The Bertz CT molecular complexity index is 2270. The van der Waals surface area contributed by atoms with E-state index in [-0.39, 0.29) is 0 Å². The molecule has 0 bridgehead atoms. The summed E-state index contributed by atoms with van der Waals surface area (Å²) in [5, 5.41) is 4.60. The quantitative estimate of drug-likeness (QED) is 0.153. The topological polar surface area (TPSA) is 25.8 Å². The van der Waals surface area contributed by atoms with Gasteiger partial charge in [0, 0.05) is 28.6 Å². The third-order valence-corrected chi connectivity index (χ3v) is 8.46. The van der Waals surface area contributed by atoms with Crippen LogP contribution in [-0.2, 0) is 6.42 Å². The molecule has 0 fully saturated rings. The molecule has 2 heteroatoms. The van der Waals surface area contributed by atoms with Crippen molar-refractivity contribution in [2.24, 2.45) is 0 Å². The lowest BCUT2D eigenvalue weighted by atomic mass is 9.81. The van der Waals surface area contributed by atoms with Crippen LogP contribution in [-0.4, -0.2) is 9.97 Å². The van der Waals surface area contributed by atoms with Crippen LogP contribution in [0.15, 0.2) is 115 Å². The summed E-state index contributed by atoms with van der Waals surface area (Å²) in [6.45, 7) is 6.30. The first-order valence-electron chi connectivity index (χ1n) is 15.0. The average Bonchev–Trinajstić information content (AvgIpc) is 3.05. The van der Waals surface area contributed by atoms with Gasteiger partial charge in [-0.05, 0) is 88.2 Å². The molecule has 0 aliphatic rings. The van der Waals surface area contributed by atoms with E-state index in [1.54, 1.807) is 0 Å². The van der Waals surface area contributed by atoms with Crippen LogP contribution >= 0.6 is 0 Å². The van der Waals surface area contributed by atoms with Crippen LogP contribution in [0.1, 0.15) is 35.0 Å². The standard InChI is InChI=1S/C42H32N2/c1-5-14-33-38(25-27(2)37-26-29(4)44-42-36(37)24-23-32-22-21-28(3)43-41(32)42)40(31-17-10-7-11-18-31)35-20-13-12-19-34(35)39(33)30-15-8-6-9-16-30/h1,6-13,15-26H,14H2,2-4H3/b27-25+. The van der Waals surface area contributed by atoms with Crippen LogP contribution in [0.25, 0.3) is 66.5 Å². The van der Waals surface area contributed by atoms with Gasteiger partial charge in [-0.1, -0.05) is 109 Å². The second kappa shape index (κ2) is 11.3. The van der Waals surface area contributed by atoms with Crippen LogP contribution in [0.2, 0.25) is 0 Å². The molecule has 7 rings (SSSR count). The zero-order valence-corrected chi connectivity index (χ0v) is 25.2. The predicted molar refractivity (Wildman–Crippen MR) is 187 cm³/mol. The van der Waals surface area contributed by atoms with Gasteiger partial charge in [0.25, 0.3) is 0 Å². The summed E-state index contributed by atoms with van der Waals surface area (Å²) < 4.78 is 0. The van der Waals surface area contributed by atoms with Crippen molar-refractivity contribution >= 4 is 44.2 Å². The van der Waals surface area contributed by atoms with Crippen molar-refractivity contribution in [2.45, 2.75) is 27.2 Å². The number of aryl methyl sites for hydroxylation is 2. The third kappa shape index (κ3) is 4.74. The van der Waals surface area contributed by atoms with E-state index in [4.69, 9.17) is 16.4 Å². The molecule has 0 radical (unpaired) electrons. The average molecular weight is 565 g/mol. The van der Waals surface area contributed by atoms with Crippen LogP contribution in [0.5, 0.6) is 0 Å². The van der Waals surface area contributed by atoms with Crippen LogP contribution in [0.4, 0.5) is 0 Å². The SMILES string of the molecule is C#CCc1c(/C=C(\C)c2cc(C)nc3c2ccc2ccc(C)nc23)c(-c2ccccc2)c2ccccc2c1-c1ccccc1. The van der Waals surface area contributed by atoms with Crippen molar-refractivity contribution in [2.75, 3.05) is 0 Å². The molecule has 0 aliphatic carbocycles. The molecular weight excluding hydrogens is 532 g/mol. The maximum absolute atomic E-state index is 6.12. The van der Waals surface area contributed by atoms with Crippen molar-refractivity contribution in [3.63, 3.8) is 0 Å². The fraction of sp³-hybridized carbons (Fsp3) is 0.0952. The van der Waals surface area contributed by atoms with E-state index < -0.39 is 0 Å². The molecular formula is C42H32N2. The summed E-state index contributed by atoms with van der Waals surface area (Å²) in [5.74, 6) is 3.01. The van der Waals surface area contributed by atoms with Crippen LogP contribution in [0.3, 0.4) is 0 Å². The predicted octanol–water partition coefficient (Wildman–Crippen LogP) is 10.6. The highest BCUT2D eigenvalue weighted by molar-refractivity contribution is 6.12. The largest absolute Gasteiger partial charge is 0.251 e. The Hall–Kier alpha value is -5.52. The Labute approximate surface area is 258 Å². The zero-order valence-electron chi connectivity index (χ0n) is 25.2. The van der Waals surface area contributed by atoms with E-state index >= 15 is 0 Å². The molecule has 0 aliphatic heterocycles. The highest BCUT2D eigenvalue weighted by atomic mass is 14.8. The molecule has 0 spiro atoms. The lowest BCUT2D eigenvalue weighted by Crippen LogP contribution is -2.00. The highest BCUT2D eigenvalue weighted by Crippen LogP contribution is 2.44. The summed E-state index contributed by atoms with van der Waals surface area (Å²) >= 11 is 0. The van der Waals surface area contributed by atoms with Gasteiger partial charge in [-0.25, -0.2) is 0 Å². The van der Waals surface area contributed by atoms with Crippen molar-refractivity contribution in [3.8, 4) is 34.6 Å². The van der Waals surface area contributed by atoms with E-state index in [1.165, 1.54) is 33.0 Å². The van der Waals surface area contributed by atoms with Gasteiger partial charge in [-0.2, -0.15) is 0 Å². The number of hydrogen-bond acceptors (Lipinski definition) is 2. The summed E-state index contributed by atoms with van der Waals surface area (Å²) in [7, 11) is 0. The number of benzene rings is 5. The Morgan fingerprint density at radius 2 is 1.25 bits per heavy atom. The summed E-state index contributed by atoms with van der Waals surface area (Å²) in [6.07, 6.45) is 8.98. The summed E-state index contributed by atoms with van der Waals surface area (Å²) in [6, 6.07) is 40.7. The number of rotatable bonds is 5. The molecule has 2 nitrogen and oxygen atoms in total. The molecule has 0 N–H and O–H groups in total. The van der Waals surface area contributed by atoms with E-state index in [2.05, 4.69) is 141 Å². The van der Waals surface area contributed by atoms with Crippen molar-refractivity contribution in [1.29, 1.82) is 0 Å². The fourth-order valence-corrected chi connectivity index (χ4v) is 6.53. The highest BCUT2D eigenvalue weighted by Gasteiger charge is 2.21. The second-order valence-electron chi connectivity index (χ2n) is 11.4. The Kier molecular flexibility index (Phi) is 7.01. The third-order valence-electron chi connectivity index (χ3n) is 8.46. The van der Waals surface area contributed by atoms with Crippen molar-refractivity contribution in [3.05, 3.63) is 143 Å². The minimum absolute atomic E-state index is 0.512. The minimum atomic E-state index is 0.512. The van der Waals surface area contributed by atoms with Gasteiger partial charge < -0.3 is 0 Å². The number of aromatic nitrogens is 2. The van der Waals surface area contributed by atoms with E-state index in [0.717, 1.165) is 55.5 Å². The van der Waals surface area contributed by atoms with Gasteiger partial charge in [-0.3, -0.25) is 9.97 Å².